The molecule has 0 saturated heterocycles. The molecule has 0 aliphatic heterocycles. The second-order valence-electron chi connectivity index (χ2n) is 1.37. The largest absolute Gasteiger partial charge is 0.271 e. The summed E-state index contributed by atoms with van der Waals surface area (Å²) in [6.07, 6.45) is 1.60. The van der Waals surface area contributed by atoms with Gasteiger partial charge in [0.25, 0.3) is 0 Å². The minimum absolute atomic E-state index is 0.383. The van der Waals surface area contributed by atoms with Crippen LogP contribution in [0.3, 0.4) is 0 Å². The third-order valence-corrected chi connectivity index (χ3v) is 1.11. The Morgan fingerprint density at radius 1 is 1.62 bits per heavy atom. The summed E-state index contributed by atoms with van der Waals surface area (Å²) in [6, 6.07) is 3.43. The fraction of sp³-hybridized carbons (Fsp3) is 0. The Bertz CT molecular complexity index is 169. The molecule has 0 atom stereocenters. The zero-order chi connectivity index (χ0) is 5.98. The van der Waals surface area contributed by atoms with Gasteiger partial charge >= 0.3 is 0 Å². The van der Waals surface area contributed by atoms with Crippen molar-refractivity contribution >= 4 is 25.0 Å². The van der Waals surface area contributed by atoms with Crippen LogP contribution in [0, 0.1) is 0 Å². The SMILES string of the molecule is [B]c1ncccc1Cl. The number of nitrogens with zero attached hydrogens (tertiary/aromatic N) is 1. The molecule has 1 heterocycles. The maximum Gasteiger partial charge on any atom is 0.143 e. The van der Waals surface area contributed by atoms with Crippen LogP contribution in [0.5, 0.6) is 0 Å². The number of rotatable bonds is 0. The van der Waals surface area contributed by atoms with Gasteiger partial charge in [0.2, 0.25) is 0 Å². The molecule has 0 aliphatic rings. The summed E-state index contributed by atoms with van der Waals surface area (Å²) in [4.78, 5) is 3.72. The molecule has 1 rings (SSSR count). The lowest BCUT2D eigenvalue weighted by molar-refractivity contribution is 1.39. The molecule has 38 valence electrons. The van der Waals surface area contributed by atoms with E-state index in [-0.39, 0.29) is 0 Å². The highest BCUT2D eigenvalue weighted by molar-refractivity contribution is 6.43. The number of pyridine rings is 1. The van der Waals surface area contributed by atoms with Crippen molar-refractivity contribution in [3.8, 4) is 0 Å². The van der Waals surface area contributed by atoms with E-state index in [0.717, 1.165) is 0 Å². The van der Waals surface area contributed by atoms with Crippen LogP contribution < -0.4 is 5.59 Å². The van der Waals surface area contributed by atoms with E-state index in [4.69, 9.17) is 19.4 Å². The van der Waals surface area contributed by atoms with Crippen molar-refractivity contribution in [3.63, 3.8) is 0 Å². The van der Waals surface area contributed by atoms with Crippen LogP contribution in [0.15, 0.2) is 18.3 Å². The smallest absolute Gasteiger partial charge is 0.143 e. The molecule has 1 aromatic heterocycles. The van der Waals surface area contributed by atoms with Gasteiger partial charge in [0.1, 0.15) is 7.85 Å². The Balaban J connectivity index is 3.13. The third-order valence-electron chi connectivity index (χ3n) is 0.787. The van der Waals surface area contributed by atoms with Gasteiger partial charge < -0.3 is 0 Å². The molecule has 1 aromatic rings. The molecule has 0 N–H and O–H groups in total. The quantitative estimate of drug-likeness (QED) is 0.459. The van der Waals surface area contributed by atoms with Gasteiger partial charge in [0.05, 0.1) is 5.02 Å². The summed E-state index contributed by atoms with van der Waals surface area (Å²) in [5, 5.41) is 0.507. The summed E-state index contributed by atoms with van der Waals surface area (Å²) in [7, 11) is 5.28. The van der Waals surface area contributed by atoms with Crippen molar-refractivity contribution in [1.82, 2.24) is 4.98 Å². The van der Waals surface area contributed by atoms with Crippen LogP contribution in [0.25, 0.3) is 0 Å². The maximum absolute atomic E-state index is 5.52. The number of hydrogen-bond acceptors (Lipinski definition) is 1. The van der Waals surface area contributed by atoms with Crippen molar-refractivity contribution in [1.29, 1.82) is 0 Å². The van der Waals surface area contributed by atoms with Gasteiger partial charge in [-0.15, -0.1) is 0 Å². The van der Waals surface area contributed by atoms with E-state index in [9.17, 15) is 0 Å². The maximum atomic E-state index is 5.52. The Kier molecular flexibility index (Phi) is 1.54. The molecule has 0 bridgehead atoms. The summed E-state index contributed by atoms with van der Waals surface area (Å²) < 4.78 is 0. The second-order valence-corrected chi connectivity index (χ2v) is 1.78. The van der Waals surface area contributed by atoms with Crippen molar-refractivity contribution in [2.75, 3.05) is 0 Å². The summed E-state index contributed by atoms with van der Waals surface area (Å²) in [6.45, 7) is 0. The van der Waals surface area contributed by atoms with Gasteiger partial charge in [0.15, 0.2) is 0 Å². The van der Waals surface area contributed by atoms with E-state index in [1.54, 1.807) is 18.3 Å². The van der Waals surface area contributed by atoms with Gasteiger partial charge in [-0.05, 0) is 12.1 Å². The van der Waals surface area contributed by atoms with Crippen LogP contribution in [0.1, 0.15) is 0 Å². The molecular formula is C5H3BClN. The monoisotopic (exact) mass is 123 g/mol. The van der Waals surface area contributed by atoms with Crippen molar-refractivity contribution in [2.24, 2.45) is 0 Å². The fourth-order valence-electron chi connectivity index (χ4n) is 0.398. The molecule has 1 nitrogen and oxygen atoms in total. The predicted molar refractivity (Wildman–Crippen MR) is 34.6 cm³/mol. The standard InChI is InChI=1S/C5H3BClN/c6-5-4(7)2-1-3-8-5/h1-3H. The van der Waals surface area contributed by atoms with Crippen LogP contribution in [0.4, 0.5) is 0 Å². The second kappa shape index (κ2) is 2.18. The van der Waals surface area contributed by atoms with Gasteiger partial charge in [-0.25, -0.2) is 0 Å². The normalized spacial score (nSPS) is 9.12. The zero-order valence-corrected chi connectivity index (χ0v) is 4.89. The van der Waals surface area contributed by atoms with E-state index in [1.807, 2.05) is 0 Å². The molecule has 2 radical (unpaired) electrons. The lowest BCUT2D eigenvalue weighted by Gasteiger charge is -1.90. The number of hydrogen-bond donors (Lipinski definition) is 0. The van der Waals surface area contributed by atoms with E-state index >= 15 is 0 Å². The molecule has 0 aliphatic carbocycles. The average Bonchev–Trinajstić information content (AvgIpc) is 1.77. The minimum atomic E-state index is 0.383. The summed E-state index contributed by atoms with van der Waals surface area (Å²) >= 11 is 5.52. The van der Waals surface area contributed by atoms with Crippen molar-refractivity contribution in [3.05, 3.63) is 23.4 Å². The summed E-state index contributed by atoms with van der Waals surface area (Å²) in [5.41, 5.74) is 0.383. The Morgan fingerprint density at radius 2 is 2.38 bits per heavy atom. The fourth-order valence-corrected chi connectivity index (χ4v) is 0.519. The topological polar surface area (TPSA) is 12.9 Å². The zero-order valence-electron chi connectivity index (χ0n) is 4.13. The number of halogens is 1. The van der Waals surface area contributed by atoms with Crippen LogP contribution in [-0.2, 0) is 0 Å². The molecule has 0 unspecified atom stereocenters. The minimum Gasteiger partial charge on any atom is -0.271 e. The van der Waals surface area contributed by atoms with Gasteiger partial charge in [-0.1, -0.05) is 11.6 Å². The first-order valence-corrected chi connectivity index (χ1v) is 2.54. The molecule has 8 heavy (non-hydrogen) atoms. The Morgan fingerprint density at radius 3 is 2.75 bits per heavy atom. The Labute approximate surface area is 54.1 Å². The molecule has 0 amide bonds. The molecule has 0 spiro atoms. The molecule has 0 fully saturated rings. The van der Waals surface area contributed by atoms with E-state index in [1.165, 1.54) is 0 Å². The lowest BCUT2D eigenvalue weighted by atomic mass is 10.0. The Hall–Kier alpha value is -0.495. The highest BCUT2D eigenvalue weighted by Crippen LogP contribution is 1.97. The van der Waals surface area contributed by atoms with E-state index < -0.39 is 0 Å². The van der Waals surface area contributed by atoms with Crippen molar-refractivity contribution < 1.29 is 0 Å². The van der Waals surface area contributed by atoms with E-state index in [2.05, 4.69) is 4.98 Å². The molecular weight excluding hydrogens is 120 g/mol. The molecule has 0 saturated carbocycles. The van der Waals surface area contributed by atoms with Crippen LogP contribution in [-0.4, -0.2) is 12.8 Å². The number of aromatic nitrogens is 1. The third kappa shape index (κ3) is 1.01. The van der Waals surface area contributed by atoms with Crippen molar-refractivity contribution in [2.45, 2.75) is 0 Å². The first-order valence-electron chi connectivity index (χ1n) is 2.16. The average molecular weight is 123 g/mol. The van der Waals surface area contributed by atoms with Gasteiger partial charge in [-0.2, -0.15) is 0 Å². The van der Waals surface area contributed by atoms with Gasteiger partial charge in [0, 0.05) is 11.8 Å². The van der Waals surface area contributed by atoms with Crippen LogP contribution >= 0.6 is 11.6 Å². The lowest BCUT2D eigenvalue weighted by Crippen LogP contribution is -2.07. The van der Waals surface area contributed by atoms with E-state index in [0.29, 0.717) is 10.6 Å². The predicted octanol–water partition coefficient (Wildman–Crippen LogP) is 0.529. The highest BCUT2D eigenvalue weighted by atomic mass is 35.5. The molecule has 0 aromatic carbocycles. The first kappa shape index (κ1) is 5.64. The van der Waals surface area contributed by atoms with Gasteiger partial charge in [-0.3, -0.25) is 4.98 Å². The first-order chi connectivity index (χ1) is 3.80. The summed E-state index contributed by atoms with van der Waals surface area (Å²) in [5.74, 6) is 0. The highest BCUT2D eigenvalue weighted by Gasteiger charge is 1.87. The van der Waals surface area contributed by atoms with Crippen LogP contribution in [0.2, 0.25) is 5.02 Å². The molecule has 3 heteroatoms.